The third kappa shape index (κ3) is 5.45. The Kier molecular flexibility index (Phi) is 7.84. The van der Waals surface area contributed by atoms with E-state index >= 15 is 0 Å². The number of hydrogen-bond acceptors (Lipinski definition) is 5. The first-order valence-electron chi connectivity index (χ1n) is 10.7. The number of carbonyl (C=O) groups is 1. The summed E-state index contributed by atoms with van der Waals surface area (Å²) in [6.07, 6.45) is 4.04. The van der Waals surface area contributed by atoms with E-state index in [1.807, 2.05) is 48.5 Å². The van der Waals surface area contributed by atoms with Crippen LogP contribution in [-0.2, 0) is 9.53 Å². The Balaban J connectivity index is 2.10. The number of esters is 1. The predicted molar refractivity (Wildman–Crippen MR) is 133 cm³/mol. The van der Waals surface area contributed by atoms with Crippen LogP contribution in [0.3, 0.4) is 0 Å². The molecule has 0 atom stereocenters. The summed E-state index contributed by atoms with van der Waals surface area (Å²) in [7, 11) is 0. The number of carbonyl (C=O) groups excluding carboxylic acids is 1. The highest BCUT2D eigenvalue weighted by Crippen LogP contribution is 2.36. The number of benzene rings is 3. The van der Waals surface area contributed by atoms with Gasteiger partial charge in [0.2, 0.25) is 0 Å². The molecule has 0 unspecified atom stereocenters. The SMILES string of the molecule is CCOC(=O)/C=C/c1ccc(/C(=C(/CC)c2ccccc2)c2ccc(NN)c(N)c2)cc1. The maximum absolute atomic E-state index is 11.6. The lowest BCUT2D eigenvalue weighted by atomic mass is 9.87. The second-order valence-electron chi connectivity index (χ2n) is 7.23. The number of anilines is 2. The molecule has 0 aromatic heterocycles. The van der Waals surface area contributed by atoms with Crippen LogP contribution >= 0.6 is 0 Å². The van der Waals surface area contributed by atoms with Gasteiger partial charge in [0, 0.05) is 6.08 Å². The van der Waals surface area contributed by atoms with Crippen LogP contribution in [0.5, 0.6) is 0 Å². The molecule has 5 heteroatoms. The van der Waals surface area contributed by atoms with Gasteiger partial charge >= 0.3 is 5.97 Å². The van der Waals surface area contributed by atoms with E-state index in [9.17, 15) is 4.79 Å². The topological polar surface area (TPSA) is 90.4 Å². The zero-order valence-corrected chi connectivity index (χ0v) is 18.5. The number of rotatable bonds is 8. The first kappa shape index (κ1) is 22.8. The van der Waals surface area contributed by atoms with E-state index in [0.29, 0.717) is 18.0 Å². The van der Waals surface area contributed by atoms with Crippen molar-refractivity contribution in [2.24, 2.45) is 5.84 Å². The largest absolute Gasteiger partial charge is 0.463 e. The molecule has 0 bridgehead atoms. The molecule has 0 radical (unpaired) electrons. The van der Waals surface area contributed by atoms with Crippen LogP contribution in [0.1, 0.15) is 42.5 Å². The predicted octanol–water partition coefficient (Wildman–Crippen LogP) is 5.50. The highest BCUT2D eigenvalue weighted by Gasteiger charge is 2.14. The Morgan fingerprint density at radius 2 is 1.62 bits per heavy atom. The first-order chi connectivity index (χ1) is 15.6. The Hall–Kier alpha value is -3.83. The van der Waals surface area contributed by atoms with Crippen molar-refractivity contribution < 1.29 is 9.53 Å². The molecule has 0 spiro atoms. The van der Waals surface area contributed by atoms with Gasteiger partial charge in [-0.1, -0.05) is 67.6 Å². The van der Waals surface area contributed by atoms with Crippen LogP contribution in [0.2, 0.25) is 0 Å². The highest BCUT2D eigenvalue weighted by molar-refractivity contribution is 5.99. The van der Waals surface area contributed by atoms with Crippen molar-refractivity contribution in [2.75, 3.05) is 17.8 Å². The minimum absolute atomic E-state index is 0.349. The van der Waals surface area contributed by atoms with Crippen molar-refractivity contribution in [3.05, 3.63) is 101 Å². The van der Waals surface area contributed by atoms with E-state index in [-0.39, 0.29) is 5.97 Å². The smallest absolute Gasteiger partial charge is 0.330 e. The van der Waals surface area contributed by atoms with Crippen molar-refractivity contribution in [2.45, 2.75) is 20.3 Å². The van der Waals surface area contributed by atoms with Gasteiger partial charge in [-0.3, -0.25) is 5.84 Å². The maximum Gasteiger partial charge on any atom is 0.330 e. The Labute approximate surface area is 189 Å². The van der Waals surface area contributed by atoms with Gasteiger partial charge in [0.15, 0.2) is 0 Å². The summed E-state index contributed by atoms with van der Waals surface area (Å²) in [6.45, 7) is 4.30. The normalized spacial score (nSPS) is 11.8. The Morgan fingerprint density at radius 3 is 2.22 bits per heavy atom. The number of ether oxygens (including phenoxy) is 1. The molecule has 0 aliphatic carbocycles. The van der Waals surface area contributed by atoms with E-state index in [1.165, 1.54) is 11.6 Å². The van der Waals surface area contributed by atoms with Gasteiger partial charge in [0.05, 0.1) is 18.0 Å². The summed E-state index contributed by atoms with van der Waals surface area (Å²) in [5, 5.41) is 0. The van der Waals surface area contributed by atoms with Gasteiger partial charge in [0.25, 0.3) is 0 Å². The number of nitrogens with one attached hydrogen (secondary N) is 1. The molecule has 3 rings (SSSR count). The number of nitrogens with two attached hydrogens (primary N) is 2. The molecular formula is C27H29N3O2. The zero-order chi connectivity index (χ0) is 22.9. The summed E-state index contributed by atoms with van der Waals surface area (Å²) < 4.78 is 4.95. The van der Waals surface area contributed by atoms with Gasteiger partial charge < -0.3 is 15.9 Å². The van der Waals surface area contributed by atoms with Crippen molar-refractivity contribution in [3.63, 3.8) is 0 Å². The molecule has 3 aromatic rings. The molecule has 0 fully saturated rings. The quantitative estimate of drug-likeness (QED) is 0.110. The third-order valence-corrected chi connectivity index (χ3v) is 5.17. The van der Waals surface area contributed by atoms with Crippen LogP contribution in [-0.4, -0.2) is 12.6 Å². The van der Waals surface area contributed by atoms with Crippen LogP contribution < -0.4 is 17.0 Å². The maximum atomic E-state index is 11.6. The zero-order valence-electron chi connectivity index (χ0n) is 18.5. The van der Waals surface area contributed by atoms with Gasteiger partial charge in [-0.15, -0.1) is 0 Å². The van der Waals surface area contributed by atoms with Gasteiger partial charge in [-0.25, -0.2) is 4.79 Å². The van der Waals surface area contributed by atoms with Gasteiger partial charge in [0.1, 0.15) is 0 Å². The van der Waals surface area contributed by atoms with Crippen LogP contribution in [0, 0.1) is 0 Å². The fraction of sp³-hybridized carbons (Fsp3) is 0.148. The average molecular weight is 428 g/mol. The monoisotopic (exact) mass is 427 g/mol. The second-order valence-corrected chi connectivity index (χ2v) is 7.23. The highest BCUT2D eigenvalue weighted by atomic mass is 16.5. The molecule has 5 N–H and O–H groups in total. The molecule has 5 nitrogen and oxygen atoms in total. The third-order valence-electron chi connectivity index (χ3n) is 5.17. The molecule has 32 heavy (non-hydrogen) atoms. The first-order valence-corrected chi connectivity index (χ1v) is 10.7. The molecule has 164 valence electrons. The second kappa shape index (κ2) is 11.0. The fourth-order valence-electron chi connectivity index (χ4n) is 3.64. The van der Waals surface area contributed by atoms with Crippen LogP contribution in [0.25, 0.3) is 17.2 Å². The summed E-state index contributed by atoms with van der Waals surface area (Å²) in [4.78, 5) is 11.6. The molecule has 0 aliphatic heterocycles. The molecular weight excluding hydrogens is 398 g/mol. The lowest BCUT2D eigenvalue weighted by Gasteiger charge is -2.18. The Morgan fingerprint density at radius 1 is 0.938 bits per heavy atom. The van der Waals surface area contributed by atoms with Crippen molar-refractivity contribution in [3.8, 4) is 0 Å². The van der Waals surface area contributed by atoms with E-state index in [1.54, 1.807) is 13.0 Å². The van der Waals surface area contributed by atoms with E-state index in [4.69, 9.17) is 16.3 Å². The summed E-state index contributed by atoms with van der Waals surface area (Å²) in [5.41, 5.74) is 16.6. The number of nitrogen functional groups attached to an aromatic ring is 2. The van der Waals surface area contributed by atoms with E-state index in [2.05, 4.69) is 36.6 Å². The van der Waals surface area contributed by atoms with E-state index in [0.717, 1.165) is 34.2 Å². The fourth-order valence-corrected chi connectivity index (χ4v) is 3.64. The number of allylic oxidation sites excluding steroid dienone is 1. The van der Waals surface area contributed by atoms with Gasteiger partial charge in [-0.2, -0.15) is 0 Å². The number of hydrazine groups is 1. The van der Waals surface area contributed by atoms with E-state index < -0.39 is 0 Å². The molecule has 0 saturated heterocycles. The van der Waals surface area contributed by atoms with Crippen molar-refractivity contribution in [1.29, 1.82) is 0 Å². The number of hydrogen-bond donors (Lipinski definition) is 3. The Bertz CT molecular complexity index is 1120. The summed E-state index contributed by atoms with van der Waals surface area (Å²) in [6, 6.07) is 24.3. The minimum Gasteiger partial charge on any atom is -0.463 e. The summed E-state index contributed by atoms with van der Waals surface area (Å²) >= 11 is 0. The molecule has 0 aliphatic rings. The van der Waals surface area contributed by atoms with Crippen LogP contribution in [0.15, 0.2) is 78.9 Å². The van der Waals surface area contributed by atoms with Crippen molar-refractivity contribution >= 4 is 34.6 Å². The van der Waals surface area contributed by atoms with Gasteiger partial charge in [-0.05, 0) is 65.0 Å². The van der Waals surface area contributed by atoms with Crippen LogP contribution in [0.4, 0.5) is 11.4 Å². The minimum atomic E-state index is -0.349. The lowest BCUT2D eigenvalue weighted by Crippen LogP contribution is -2.09. The molecule has 3 aromatic carbocycles. The summed E-state index contributed by atoms with van der Waals surface area (Å²) in [5.74, 6) is 5.22. The lowest BCUT2D eigenvalue weighted by molar-refractivity contribution is -0.137. The van der Waals surface area contributed by atoms with Crippen molar-refractivity contribution in [1.82, 2.24) is 0 Å². The molecule has 0 heterocycles. The average Bonchev–Trinajstić information content (AvgIpc) is 2.82. The molecule has 0 saturated carbocycles. The standard InChI is InChI=1S/C27H29N3O2/c1-3-23(20-8-6-5-7-9-20)27(22-15-16-25(30-29)24(28)18-22)21-13-10-19(11-14-21)12-17-26(31)32-4-2/h5-18,30H,3-4,28-29H2,1-2H3/b17-12+,27-23+. The molecule has 0 amide bonds.